The number of alkyl halides is 3. The summed E-state index contributed by atoms with van der Waals surface area (Å²) < 4.78 is 39.1. The minimum atomic E-state index is -4.27. The minimum absolute atomic E-state index is 0.141. The topological polar surface area (TPSA) is 12.0 Å². The van der Waals surface area contributed by atoms with Crippen molar-refractivity contribution in [3.05, 3.63) is 35.9 Å². The Hall–Kier alpha value is -1.03. The zero-order valence-corrected chi connectivity index (χ0v) is 11.0. The van der Waals surface area contributed by atoms with Crippen LogP contribution in [0.1, 0.15) is 38.8 Å². The van der Waals surface area contributed by atoms with E-state index in [9.17, 15) is 13.2 Å². The third-order valence-electron chi connectivity index (χ3n) is 3.20. The molecule has 1 unspecified atom stereocenters. The van der Waals surface area contributed by atoms with Crippen LogP contribution in [0, 0.1) is 5.41 Å². The molecule has 1 aromatic carbocycles. The van der Waals surface area contributed by atoms with Gasteiger partial charge in [-0.2, -0.15) is 13.2 Å². The van der Waals surface area contributed by atoms with Gasteiger partial charge in [0.2, 0.25) is 0 Å². The van der Waals surface area contributed by atoms with E-state index < -0.39 is 12.2 Å². The van der Waals surface area contributed by atoms with Crippen molar-refractivity contribution in [1.29, 1.82) is 0 Å². The predicted octanol–water partition coefficient (Wildman–Crippen LogP) is 4.32. The second-order valence-electron chi connectivity index (χ2n) is 5.28. The highest BCUT2D eigenvalue weighted by Gasteiger charge is 2.40. The van der Waals surface area contributed by atoms with E-state index in [4.69, 9.17) is 0 Å². The van der Waals surface area contributed by atoms with E-state index in [1.807, 2.05) is 20.8 Å². The van der Waals surface area contributed by atoms with Gasteiger partial charge in [-0.25, -0.2) is 0 Å². The van der Waals surface area contributed by atoms with Gasteiger partial charge in [0, 0.05) is 6.54 Å². The molecule has 18 heavy (non-hydrogen) atoms. The van der Waals surface area contributed by atoms with Crippen LogP contribution in [0.5, 0.6) is 0 Å². The zero-order valence-electron chi connectivity index (χ0n) is 11.0. The van der Waals surface area contributed by atoms with E-state index in [0.717, 1.165) is 6.42 Å². The molecule has 0 aliphatic heterocycles. The molecule has 0 aromatic heterocycles. The highest BCUT2D eigenvalue weighted by atomic mass is 19.4. The summed E-state index contributed by atoms with van der Waals surface area (Å²) in [7, 11) is 0. The number of hydrogen-bond acceptors (Lipinski definition) is 1. The fourth-order valence-electron chi connectivity index (χ4n) is 1.57. The van der Waals surface area contributed by atoms with Gasteiger partial charge >= 0.3 is 6.18 Å². The quantitative estimate of drug-likeness (QED) is 0.830. The van der Waals surface area contributed by atoms with Gasteiger partial charge in [-0.15, -0.1) is 0 Å². The molecule has 0 spiro atoms. The van der Waals surface area contributed by atoms with E-state index in [-0.39, 0.29) is 11.0 Å². The molecule has 0 bridgehead atoms. The first-order chi connectivity index (χ1) is 8.26. The summed E-state index contributed by atoms with van der Waals surface area (Å²) >= 11 is 0. The largest absolute Gasteiger partial charge is 0.407 e. The van der Waals surface area contributed by atoms with E-state index in [1.54, 1.807) is 18.2 Å². The van der Waals surface area contributed by atoms with Crippen molar-refractivity contribution in [1.82, 2.24) is 5.32 Å². The Kier molecular flexibility index (Phi) is 4.79. The van der Waals surface area contributed by atoms with Crippen molar-refractivity contribution >= 4 is 0 Å². The molecule has 0 fully saturated rings. The Labute approximate surface area is 106 Å². The van der Waals surface area contributed by atoms with E-state index in [1.165, 1.54) is 12.1 Å². The Balaban J connectivity index is 2.82. The Morgan fingerprint density at radius 1 is 1.11 bits per heavy atom. The zero-order chi connectivity index (χ0) is 13.8. The smallest absolute Gasteiger partial charge is 0.302 e. The molecular weight excluding hydrogens is 239 g/mol. The lowest BCUT2D eigenvalue weighted by Crippen LogP contribution is -2.39. The molecule has 0 aliphatic carbocycles. The maximum absolute atomic E-state index is 13.0. The number of benzene rings is 1. The maximum atomic E-state index is 13.0. The van der Waals surface area contributed by atoms with Crippen molar-refractivity contribution in [2.24, 2.45) is 5.41 Å². The second kappa shape index (κ2) is 5.74. The van der Waals surface area contributed by atoms with Crippen LogP contribution < -0.4 is 5.32 Å². The average Bonchev–Trinajstić information content (AvgIpc) is 2.29. The fraction of sp³-hybridized carbons (Fsp3) is 0.571. The molecule has 1 N–H and O–H groups in total. The monoisotopic (exact) mass is 259 g/mol. The summed E-state index contributed by atoms with van der Waals surface area (Å²) in [5.74, 6) is 0. The van der Waals surface area contributed by atoms with Crippen molar-refractivity contribution in [2.45, 2.75) is 39.4 Å². The van der Waals surface area contributed by atoms with Crippen molar-refractivity contribution in [2.75, 3.05) is 6.54 Å². The first-order valence-electron chi connectivity index (χ1n) is 6.11. The van der Waals surface area contributed by atoms with Gasteiger partial charge in [-0.3, -0.25) is 0 Å². The van der Waals surface area contributed by atoms with Crippen molar-refractivity contribution < 1.29 is 13.2 Å². The summed E-state index contributed by atoms with van der Waals surface area (Å²) in [5.41, 5.74) is 0.120. The van der Waals surface area contributed by atoms with Gasteiger partial charge in [0.1, 0.15) is 6.04 Å². The molecule has 1 nitrogen and oxygen atoms in total. The van der Waals surface area contributed by atoms with Gasteiger partial charge in [0.25, 0.3) is 0 Å². The molecule has 0 saturated carbocycles. The molecule has 0 radical (unpaired) electrons. The van der Waals surface area contributed by atoms with E-state index in [2.05, 4.69) is 5.32 Å². The van der Waals surface area contributed by atoms with Gasteiger partial charge in [0.05, 0.1) is 0 Å². The van der Waals surface area contributed by atoms with E-state index >= 15 is 0 Å². The molecule has 1 rings (SSSR count). The van der Waals surface area contributed by atoms with Gasteiger partial charge in [-0.05, 0) is 17.4 Å². The first kappa shape index (κ1) is 15.0. The molecule has 0 saturated heterocycles. The Bertz CT molecular complexity index is 357. The standard InChI is InChI=1S/C14H20F3N/c1-4-13(2,3)10-18-12(14(15,16)17)11-8-6-5-7-9-11/h5-9,12,18H,4,10H2,1-3H3. The molecular formula is C14H20F3N. The molecule has 0 amide bonds. The summed E-state index contributed by atoms with van der Waals surface area (Å²) in [6, 6.07) is 6.38. The summed E-state index contributed by atoms with van der Waals surface area (Å²) in [6.45, 7) is 6.23. The van der Waals surface area contributed by atoms with Crippen LogP contribution in [-0.2, 0) is 0 Å². The van der Waals surface area contributed by atoms with Crippen LogP contribution in [0.3, 0.4) is 0 Å². The Morgan fingerprint density at radius 3 is 2.11 bits per heavy atom. The first-order valence-corrected chi connectivity index (χ1v) is 6.11. The highest BCUT2D eigenvalue weighted by molar-refractivity contribution is 5.20. The van der Waals surface area contributed by atoms with Crippen LogP contribution in [0.15, 0.2) is 30.3 Å². The molecule has 1 atom stereocenters. The number of hydrogen-bond donors (Lipinski definition) is 1. The lowest BCUT2D eigenvalue weighted by molar-refractivity contribution is -0.158. The van der Waals surface area contributed by atoms with E-state index in [0.29, 0.717) is 6.54 Å². The van der Waals surface area contributed by atoms with Crippen LogP contribution in [0.4, 0.5) is 13.2 Å². The van der Waals surface area contributed by atoms with Crippen LogP contribution in [-0.4, -0.2) is 12.7 Å². The van der Waals surface area contributed by atoms with Gasteiger partial charge in [0.15, 0.2) is 0 Å². The van der Waals surface area contributed by atoms with Crippen LogP contribution in [0.25, 0.3) is 0 Å². The predicted molar refractivity (Wildman–Crippen MR) is 67.3 cm³/mol. The number of nitrogens with one attached hydrogen (secondary N) is 1. The van der Waals surface area contributed by atoms with Gasteiger partial charge in [-0.1, -0.05) is 51.1 Å². The molecule has 102 valence electrons. The SMILES string of the molecule is CCC(C)(C)CNC(c1ccccc1)C(F)(F)F. The third-order valence-corrected chi connectivity index (χ3v) is 3.20. The minimum Gasteiger partial charge on any atom is -0.302 e. The lowest BCUT2D eigenvalue weighted by atomic mass is 9.89. The van der Waals surface area contributed by atoms with Crippen molar-refractivity contribution in [3.8, 4) is 0 Å². The molecule has 1 aromatic rings. The normalized spacial score (nSPS) is 14.6. The summed E-state index contributed by atoms with van der Waals surface area (Å²) in [4.78, 5) is 0. The third kappa shape index (κ3) is 4.33. The van der Waals surface area contributed by atoms with Crippen molar-refractivity contribution in [3.63, 3.8) is 0 Å². The molecule has 0 aliphatic rings. The average molecular weight is 259 g/mol. The number of rotatable bonds is 5. The van der Waals surface area contributed by atoms with Crippen LogP contribution in [0.2, 0.25) is 0 Å². The molecule has 4 heteroatoms. The Morgan fingerprint density at radius 2 is 1.67 bits per heavy atom. The maximum Gasteiger partial charge on any atom is 0.407 e. The van der Waals surface area contributed by atoms with Gasteiger partial charge < -0.3 is 5.32 Å². The second-order valence-corrected chi connectivity index (χ2v) is 5.28. The summed E-state index contributed by atoms with van der Waals surface area (Å²) in [5, 5.41) is 2.64. The highest BCUT2D eigenvalue weighted by Crippen LogP contribution is 2.33. The summed E-state index contributed by atoms with van der Waals surface area (Å²) in [6.07, 6.45) is -3.44. The molecule has 0 heterocycles. The lowest BCUT2D eigenvalue weighted by Gasteiger charge is -2.28. The fourth-order valence-corrected chi connectivity index (χ4v) is 1.57. The van der Waals surface area contributed by atoms with Crippen LogP contribution >= 0.6 is 0 Å². The number of halogens is 3.